The molecule has 0 aromatic heterocycles. The lowest BCUT2D eigenvalue weighted by Gasteiger charge is -2.33. The molecule has 3 atom stereocenters. The maximum absolute atomic E-state index is 3.88. The Morgan fingerprint density at radius 2 is 1.94 bits per heavy atom. The van der Waals surface area contributed by atoms with Crippen molar-refractivity contribution in [3.8, 4) is 0 Å². The van der Waals surface area contributed by atoms with Gasteiger partial charge in [-0.25, -0.2) is 0 Å². The third-order valence-electron chi connectivity index (χ3n) is 4.99. The summed E-state index contributed by atoms with van der Waals surface area (Å²) in [5.74, 6) is 0.977. The van der Waals surface area contributed by atoms with Gasteiger partial charge in [-0.15, -0.1) is 0 Å². The Hall–Kier alpha value is -0.0800. The molecular weight excluding hydrogens is 196 g/mol. The van der Waals surface area contributed by atoms with E-state index in [2.05, 4.69) is 24.1 Å². The van der Waals surface area contributed by atoms with Gasteiger partial charge < -0.3 is 5.32 Å². The van der Waals surface area contributed by atoms with Crippen LogP contribution in [-0.4, -0.2) is 35.6 Å². The van der Waals surface area contributed by atoms with Crippen LogP contribution >= 0.6 is 0 Å². The van der Waals surface area contributed by atoms with Gasteiger partial charge in [-0.3, -0.25) is 4.90 Å². The molecule has 1 saturated heterocycles. The van der Waals surface area contributed by atoms with Crippen molar-refractivity contribution in [1.82, 2.24) is 10.2 Å². The highest BCUT2D eigenvalue weighted by molar-refractivity contribution is 4.97. The van der Waals surface area contributed by atoms with Crippen molar-refractivity contribution in [1.29, 1.82) is 0 Å². The number of hydrogen-bond acceptors (Lipinski definition) is 2. The molecule has 0 spiro atoms. The molecule has 3 rings (SSSR count). The van der Waals surface area contributed by atoms with Crippen molar-refractivity contribution in [2.75, 3.05) is 6.54 Å². The zero-order valence-electron chi connectivity index (χ0n) is 10.8. The smallest absolute Gasteiger partial charge is 0.0212 e. The second-order valence-corrected chi connectivity index (χ2v) is 6.36. The molecule has 0 bridgehead atoms. The predicted molar refractivity (Wildman–Crippen MR) is 67.5 cm³/mol. The van der Waals surface area contributed by atoms with E-state index < -0.39 is 0 Å². The Kier molecular flexibility index (Phi) is 2.97. The molecular formula is C14H26N2. The summed E-state index contributed by atoms with van der Waals surface area (Å²) in [7, 11) is 0. The molecule has 2 aliphatic carbocycles. The average molecular weight is 222 g/mol. The molecule has 0 radical (unpaired) electrons. The van der Waals surface area contributed by atoms with Crippen molar-refractivity contribution in [3.63, 3.8) is 0 Å². The van der Waals surface area contributed by atoms with E-state index in [0.29, 0.717) is 0 Å². The first-order valence-electron chi connectivity index (χ1n) is 7.26. The van der Waals surface area contributed by atoms with Gasteiger partial charge in [-0.05, 0) is 51.9 Å². The quantitative estimate of drug-likeness (QED) is 0.786. The highest BCUT2D eigenvalue weighted by Gasteiger charge is 2.39. The molecule has 1 N–H and O–H groups in total. The van der Waals surface area contributed by atoms with Gasteiger partial charge in [0, 0.05) is 30.7 Å². The number of nitrogens with one attached hydrogen (secondary N) is 1. The summed E-state index contributed by atoms with van der Waals surface area (Å²) < 4.78 is 0. The Labute approximate surface area is 99.8 Å². The van der Waals surface area contributed by atoms with E-state index in [1.165, 1.54) is 45.1 Å². The molecule has 2 nitrogen and oxygen atoms in total. The second-order valence-electron chi connectivity index (χ2n) is 6.36. The van der Waals surface area contributed by atoms with Crippen molar-refractivity contribution >= 4 is 0 Å². The second kappa shape index (κ2) is 4.30. The van der Waals surface area contributed by atoms with E-state index in [0.717, 1.165) is 30.1 Å². The van der Waals surface area contributed by atoms with Gasteiger partial charge in [0.1, 0.15) is 0 Å². The molecule has 3 aliphatic rings. The van der Waals surface area contributed by atoms with Crippen LogP contribution in [0.25, 0.3) is 0 Å². The maximum Gasteiger partial charge on any atom is 0.0212 e. The monoisotopic (exact) mass is 222 g/mol. The summed E-state index contributed by atoms with van der Waals surface area (Å²) in [6.45, 7) is 6.12. The summed E-state index contributed by atoms with van der Waals surface area (Å²) in [4.78, 5) is 2.74. The molecule has 1 heterocycles. The Morgan fingerprint density at radius 3 is 2.50 bits per heavy atom. The largest absolute Gasteiger partial charge is 0.310 e. The first-order chi connectivity index (χ1) is 7.74. The van der Waals surface area contributed by atoms with E-state index in [4.69, 9.17) is 0 Å². The van der Waals surface area contributed by atoms with Crippen molar-refractivity contribution < 1.29 is 0 Å². The van der Waals surface area contributed by atoms with Gasteiger partial charge in [0.05, 0.1) is 0 Å². The van der Waals surface area contributed by atoms with Crippen molar-refractivity contribution in [2.24, 2.45) is 5.92 Å². The van der Waals surface area contributed by atoms with Gasteiger partial charge in [0.2, 0.25) is 0 Å². The van der Waals surface area contributed by atoms with Crippen LogP contribution in [0.2, 0.25) is 0 Å². The molecule has 16 heavy (non-hydrogen) atoms. The fourth-order valence-electron chi connectivity index (χ4n) is 3.54. The topological polar surface area (TPSA) is 15.3 Å². The maximum atomic E-state index is 3.88. The van der Waals surface area contributed by atoms with E-state index in [-0.39, 0.29) is 0 Å². The van der Waals surface area contributed by atoms with Crippen LogP contribution in [0.1, 0.15) is 52.4 Å². The minimum atomic E-state index is 0.755. The molecule has 92 valence electrons. The van der Waals surface area contributed by atoms with Crippen molar-refractivity contribution in [3.05, 3.63) is 0 Å². The van der Waals surface area contributed by atoms with Crippen LogP contribution in [0.3, 0.4) is 0 Å². The fourth-order valence-corrected chi connectivity index (χ4v) is 3.54. The Bertz CT molecular complexity index is 245. The minimum absolute atomic E-state index is 0.755. The molecule has 0 amide bonds. The summed E-state index contributed by atoms with van der Waals surface area (Å²) >= 11 is 0. The Balaban J connectivity index is 1.48. The summed E-state index contributed by atoms with van der Waals surface area (Å²) in [5, 5.41) is 3.88. The predicted octanol–water partition coefficient (Wildman–Crippen LogP) is 2.39. The third-order valence-corrected chi connectivity index (χ3v) is 4.99. The summed E-state index contributed by atoms with van der Waals surface area (Å²) in [6, 6.07) is 3.29. The zero-order chi connectivity index (χ0) is 11.1. The number of nitrogens with zero attached hydrogens (tertiary/aromatic N) is 1. The van der Waals surface area contributed by atoms with Gasteiger partial charge in [0.25, 0.3) is 0 Å². The number of hydrogen-bond donors (Lipinski definition) is 1. The summed E-state index contributed by atoms with van der Waals surface area (Å²) in [5.41, 5.74) is 0. The van der Waals surface area contributed by atoms with Crippen LogP contribution < -0.4 is 5.32 Å². The SMILES string of the molecule is CC(NC1CC(C)N(C2CC2)C1)C1CCC1. The third kappa shape index (κ3) is 2.14. The molecule has 3 fully saturated rings. The molecule has 0 aromatic carbocycles. The van der Waals surface area contributed by atoms with E-state index in [9.17, 15) is 0 Å². The highest BCUT2D eigenvalue weighted by Crippen LogP contribution is 2.34. The van der Waals surface area contributed by atoms with Gasteiger partial charge in [-0.1, -0.05) is 6.42 Å². The van der Waals surface area contributed by atoms with Crippen LogP contribution in [0.5, 0.6) is 0 Å². The lowest BCUT2D eigenvalue weighted by molar-refractivity contribution is 0.220. The zero-order valence-corrected chi connectivity index (χ0v) is 10.8. The normalized spacial score (nSPS) is 38.6. The molecule has 0 aromatic rings. The van der Waals surface area contributed by atoms with Crippen molar-refractivity contribution in [2.45, 2.75) is 76.5 Å². The van der Waals surface area contributed by atoms with E-state index >= 15 is 0 Å². The minimum Gasteiger partial charge on any atom is -0.310 e. The van der Waals surface area contributed by atoms with E-state index in [1.54, 1.807) is 0 Å². The van der Waals surface area contributed by atoms with Gasteiger partial charge in [0.15, 0.2) is 0 Å². The lowest BCUT2D eigenvalue weighted by atomic mass is 9.80. The molecule has 3 unspecified atom stereocenters. The molecule has 2 saturated carbocycles. The fraction of sp³-hybridized carbons (Fsp3) is 1.00. The van der Waals surface area contributed by atoms with E-state index in [1.807, 2.05) is 0 Å². The first-order valence-corrected chi connectivity index (χ1v) is 7.26. The van der Waals surface area contributed by atoms with Gasteiger partial charge >= 0.3 is 0 Å². The average Bonchev–Trinajstić information content (AvgIpc) is 2.89. The molecule has 2 heteroatoms. The van der Waals surface area contributed by atoms with Crippen LogP contribution in [0.4, 0.5) is 0 Å². The standard InChI is InChI=1S/C14H26N2/c1-10-8-13(9-16(10)14-6-7-14)15-11(2)12-4-3-5-12/h10-15H,3-9H2,1-2H3. The van der Waals surface area contributed by atoms with Crippen LogP contribution in [0.15, 0.2) is 0 Å². The van der Waals surface area contributed by atoms with Crippen LogP contribution in [-0.2, 0) is 0 Å². The lowest BCUT2D eigenvalue weighted by Crippen LogP contribution is -2.44. The highest BCUT2D eigenvalue weighted by atomic mass is 15.3. The van der Waals surface area contributed by atoms with Crippen LogP contribution in [0, 0.1) is 5.92 Å². The Morgan fingerprint density at radius 1 is 1.19 bits per heavy atom. The van der Waals surface area contributed by atoms with Gasteiger partial charge in [-0.2, -0.15) is 0 Å². The number of likely N-dealkylation sites (tertiary alicyclic amines) is 1. The number of rotatable bonds is 4. The summed E-state index contributed by atoms with van der Waals surface area (Å²) in [6.07, 6.45) is 8.66. The first kappa shape index (κ1) is 11.0. The molecule has 1 aliphatic heterocycles.